The molecule has 1 atom stereocenters. The summed E-state index contributed by atoms with van der Waals surface area (Å²) in [6.07, 6.45) is 1.99. The largest absolute Gasteiger partial charge is 0.313 e. The predicted octanol–water partition coefficient (Wildman–Crippen LogP) is 1.16. The van der Waals surface area contributed by atoms with Crippen molar-refractivity contribution in [3.05, 3.63) is 29.6 Å². The summed E-state index contributed by atoms with van der Waals surface area (Å²) in [5, 5.41) is 3.19. The molecule has 0 radical (unpaired) electrons. The molecule has 1 aromatic carbocycles. The molecule has 1 saturated heterocycles. The first-order valence-corrected chi connectivity index (χ1v) is 7.46. The zero-order valence-electron chi connectivity index (χ0n) is 10.2. The molecular formula is C12H17FN2O2S. The van der Waals surface area contributed by atoms with Crippen molar-refractivity contribution < 1.29 is 12.8 Å². The van der Waals surface area contributed by atoms with E-state index in [1.165, 1.54) is 12.1 Å². The van der Waals surface area contributed by atoms with Crippen molar-refractivity contribution in [2.24, 2.45) is 0 Å². The Morgan fingerprint density at radius 2 is 2.28 bits per heavy atom. The number of nitrogens with one attached hydrogen (secondary N) is 2. The number of benzene rings is 1. The average molecular weight is 272 g/mol. The molecule has 0 amide bonds. The minimum atomic E-state index is -3.77. The van der Waals surface area contributed by atoms with Crippen LogP contribution < -0.4 is 10.0 Å². The van der Waals surface area contributed by atoms with Gasteiger partial charge in [-0.05, 0) is 44.0 Å². The first kappa shape index (κ1) is 13.5. The Kier molecular flexibility index (Phi) is 3.99. The zero-order chi connectivity index (χ0) is 13.2. The second-order valence-corrected chi connectivity index (χ2v) is 6.31. The Hall–Kier alpha value is -0.980. The lowest BCUT2D eigenvalue weighted by Crippen LogP contribution is -2.37. The SMILES string of the molecule is Cc1ccc(F)c(S(=O)(=O)NC[C@@H]2CCCN2)c1. The van der Waals surface area contributed by atoms with E-state index < -0.39 is 15.8 Å². The van der Waals surface area contributed by atoms with Crippen LogP contribution in [0.1, 0.15) is 18.4 Å². The number of aryl methyl sites for hydroxylation is 1. The van der Waals surface area contributed by atoms with E-state index in [4.69, 9.17) is 0 Å². The van der Waals surface area contributed by atoms with Gasteiger partial charge in [-0.25, -0.2) is 17.5 Å². The van der Waals surface area contributed by atoms with Crippen molar-refractivity contribution in [1.29, 1.82) is 0 Å². The van der Waals surface area contributed by atoms with Crippen LogP contribution in [0.3, 0.4) is 0 Å². The van der Waals surface area contributed by atoms with Crippen LogP contribution in [0.4, 0.5) is 4.39 Å². The minimum Gasteiger partial charge on any atom is -0.313 e. The van der Waals surface area contributed by atoms with Gasteiger partial charge in [0.05, 0.1) is 0 Å². The zero-order valence-corrected chi connectivity index (χ0v) is 11.1. The van der Waals surface area contributed by atoms with E-state index in [1.54, 1.807) is 13.0 Å². The molecule has 1 aliphatic rings. The quantitative estimate of drug-likeness (QED) is 0.865. The highest BCUT2D eigenvalue weighted by Crippen LogP contribution is 2.16. The minimum absolute atomic E-state index is 0.146. The number of sulfonamides is 1. The summed E-state index contributed by atoms with van der Waals surface area (Å²) in [6.45, 7) is 2.94. The van der Waals surface area contributed by atoms with E-state index in [0.29, 0.717) is 6.54 Å². The summed E-state index contributed by atoms with van der Waals surface area (Å²) >= 11 is 0. The molecule has 1 fully saturated rings. The molecule has 100 valence electrons. The number of hydrogen-bond acceptors (Lipinski definition) is 3. The van der Waals surface area contributed by atoms with Crippen molar-refractivity contribution in [2.45, 2.75) is 30.7 Å². The molecular weight excluding hydrogens is 255 g/mol. The van der Waals surface area contributed by atoms with Crippen LogP contribution >= 0.6 is 0 Å². The second-order valence-electron chi connectivity index (χ2n) is 4.58. The Bertz CT molecular complexity index is 525. The highest BCUT2D eigenvalue weighted by Gasteiger charge is 2.21. The molecule has 0 unspecified atom stereocenters. The number of rotatable bonds is 4. The van der Waals surface area contributed by atoms with Gasteiger partial charge < -0.3 is 5.32 Å². The van der Waals surface area contributed by atoms with E-state index >= 15 is 0 Å². The van der Waals surface area contributed by atoms with Crippen LogP contribution in [-0.2, 0) is 10.0 Å². The highest BCUT2D eigenvalue weighted by molar-refractivity contribution is 7.89. The molecule has 6 heteroatoms. The third kappa shape index (κ3) is 3.07. The van der Waals surface area contributed by atoms with Gasteiger partial charge in [0.15, 0.2) is 0 Å². The molecule has 0 saturated carbocycles. The highest BCUT2D eigenvalue weighted by atomic mass is 32.2. The lowest BCUT2D eigenvalue weighted by Gasteiger charge is -2.12. The molecule has 0 aliphatic carbocycles. The van der Waals surface area contributed by atoms with Gasteiger partial charge in [0.2, 0.25) is 10.0 Å². The van der Waals surface area contributed by atoms with Crippen LogP contribution in [-0.4, -0.2) is 27.5 Å². The fourth-order valence-electron chi connectivity index (χ4n) is 2.04. The lowest BCUT2D eigenvalue weighted by molar-refractivity contribution is 0.538. The molecule has 2 N–H and O–H groups in total. The van der Waals surface area contributed by atoms with E-state index in [2.05, 4.69) is 10.0 Å². The Balaban J connectivity index is 2.12. The van der Waals surface area contributed by atoms with Gasteiger partial charge in [0.1, 0.15) is 10.7 Å². The Morgan fingerprint density at radius 1 is 1.50 bits per heavy atom. The Labute approximate surface area is 107 Å². The summed E-state index contributed by atoms with van der Waals surface area (Å²) in [4.78, 5) is -0.277. The lowest BCUT2D eigenvalue weighted by atomic mass is 10.2. The molecule has 1 aliphatic heterocycles. The standard InChI is InChI=1S/C12H17FN2O2S/c1-9-4-5-11(13)12(7-9)18(16,17)15-8-10-3-2-6-14-10/h4-5,7,10,14-15H,2-3,6,8H2,1H3/t10-/m0/s1. The van der Waals surface area contributed by atoms with Gasteiger partial charge in [-0.15, -0.1) is 0 Å². The normalized spacial score (nSPS) is 20.2. The van der Waals surface area contributed by atoms with E-state index in [1.807, 2.05) is 0 Å². The van der Waals surface area contributed by atoms with Crippen molar-refractivity contribution >= 4 is 10.0 Å². The molecule has 0 aromatic heterocycles. The first-order chi connectivity index (χ1) is 8.49. The molecule has 18 heavy (non-hydrogen) atoms. The molecule has 1 heterocycles. The predicted molar refractivity (Wildman–Crippen MR) is 67.4 cm³/mol. The summed E-state index contributed by atoms with van der Waals surface area (Å²) in [5.41, 5.74) is 0.718. The molecule has 0 spiro atoms. The van der Waals surface area contributed by atoms with Crippen LogP contribution in [0.15, 0.2) is 23.1 Å². The van der Waals surface area contributed by atoms with Crippen LogP contribution in [0.2, 0.25) is 0 Å². The maximum Gasteiger partial charge on any atom is 0.243 e. The molecule has 0 bridgehead atoms. The van der Waals surface area contributed by atoms with Gasteiger partial charge in [-0.2, -0.15) is 0 Å². The van der Waals surface area contributed by atoms with Gasteiger partial charge in [0.25, 0.3) is 0 Å². The second kappa shape index (κ2) is 5.34. The average Bonchev–Trinajstić information content (AvgIpc) is 2.83. The smallest absolute Gasteiger partial charge is 0.243 e. The summed E-state index contributed by atoms with van der Waals surface area (Å²) in [6, 6.07) is 4.22. The van der Waals surface area contributed by atoms with Crippen LogP contribution in [0.25, 0.3) is 0 Å². The van der Waals surface area contributed by atoms with Gasteiger partial charge in [-0.1, -0.05) is 6.07 Å². The van der Waals surface area contributed by atoms with E-state index in [9.17, 15) is 12.8 Å². The van der Waals surface area contributed by atoms with E-state index in [-0.39, 0.29) is 10.9 Å². The monoisotopic (exact) mass is 272 g/mol. The van der Waals surface area contributed by atoms with Gasteiger partial charge >= 0.3 is 0 Å². The van der Waals surface area contributed by atoms with Crippen molar-refractivity contribution in [3.63, 3.8) is 0 Å². The van der Waals surface area contributed by atoms with Crippen LogP contribution in [0, 0.1) is 12.7 Å². The first-order valence-electron chi connectivity index (χ1n) is 5.98. The fourth-order valence-corrected chi connectivity index (χ4v) is 3.28. The third-order valence-electron chi connectivity index (χ3n) is 3.06. The van der Waals surface area contributed by atoms with Gasteiger partial charge in [-0.3, -0.25) is 0 Å². The number of halogens is 1. The summed E-state index contributed by atoms with van der Waals surface area (Å²) in [7, 11) is -3.77. The van der Waals surface area contributed by atoms with Crippen molar-refractivity contribution in [2.75, 3.05) is 13.1 Å². The topological polar surface area (TPSA) is 58.2 Å². The van der Waals surface area contributed by atoms with Gasteiger partial charge in [0, 0.05) is 12.6 Å². The molecule has 1 aromatic rings. The molecule has 2 rings (SSSR count). The molecule has 4 nitrogen and oxygen atoms in total. The Morgan fingerprint density at radius 3 is 2.94 bits per heavy atom. The van der Waals surface area contributed by atoms with E-state index in [0.717, 1.165) is 24.9 Å². The fraction of sp³-hybridized carbons (Fsp3) is 0.500. The number of hydrogen-bond donors (Lipinski definition) is 2. The maximum atomic E-state index is 13.5. The van der Waals surface area contributed by atoms with Crippen molar-refractivity contribution in [1.82, 2.24) is 10.0 Å². The van der Waals surface area contributed by atoms with Crippen molar-refractivity contribution in [3.8, 4) is 0 Å². The third-order valence-corrected chi connectivity index (χ3v) is 4.50. The maximum absolute atomic E-state index is 13.5. The van der Waals surface area contributed by atoms with Crippen LogP contribution in [0.5, 0.6) is 0 Å². The summed E-state index contributed by atoms with van der Waals surface area (Å²) in [5.74, 6) is -0.715. The summed E-state index contributed by atoms with van der Waals surface area (Å²) < 4.78 is 40.0.